The molecule has 1 aromatic carbocycles. The number of halogens is 1. The smallest absolute Gasteiger partial charge is 0.407 e. The van der Waals surface area contributed by atoms with Crippen molar-refractivity contribution in [3.63, 3.8) is 0 Å². The van der Waals surface area contributed by atoms with Crippen LogP contribution in [0.15, 0.2) is 30.3 Å². The number of aliphatic hydroxyl groups is 1. The number of carbonyl (C=O) groups is 1. The summed E-state index contributed by atoms with van der Waals surface area (Å²) in [4.78, 5) is 11.5. The number of nitrogens with one attached hydrogen (secondary N) is 1. The maximum atomic E-state index is 11.8. The van der Waals surface area contributed by atoms with Crippen LogP contribution in [0.5, 0.6) is 0 Å². The molecule has 22 heavy (non-hydrogen) atoms. The number of ether oxygens (including phenoxy) is 2. The molecule has 5 nitrogen and oxygen atoms in total. The number of alkyl halides is 1. The minimum atomic E-state index is -0.569. The lowest BCUT2D eigenvalue weighted by molar-refractivity contribution is 0.0416. The van der Waals surface area contributed by atoms with E-state index in [0.717, 1.165) is 5.56 Å². The number of benzene rings is 1. The minimum Gasteiger partial charge on any atom is -0.444 e. The topological polar surface area (TPSA) is 67.8 Å². The molecule has 0 spiro atoms. The van der Waals surface area contributed by atoms with Crippen LogP contribution >= 0.6 is 15.9 Å². The second kappa shape index (κ2) is 9.12. The predicted octanol–water partition coefficient (Wildman–Crippen LogP) is 2.85. The van der Waals surface area contributed by atoms with Crippen LogP contribution in [0.2, 0.25) is 0 Å². The summed E-state index contributed by atoms with van der Waals surface area (Å²) in [7, 11) is 0. The van der Waals surface area contributed by atoms with Crippen molar-refractivity contribution in [2.75, 3.05) is 13.2 Å². The van der Waals surface area contributed by atoms with E-state index in [0.29, 0.717) is 6.61 Å². The first-order chi connectivity index (χ1) is 10.3. The Balaban J connectivity index is 2.48. The Labute approximate surface area is 140 Å². The van der Waals surface area contributed by atoms with Crippen molar-refractivity contribution in [3.05, 3.63) is 35.9 Å². The average molecular weight is 374 g/mol. The van der Waals surface area contributed by atoms with Crippen LogP contribution in [0, 0.1) is 0 Å². The molecule has 6 heteroatoms. The third kappa shape index (κ3) is 7.77. The Kier molecular flexibility index (Phi) is 7.85. The lowest BCUT2D eigenvalue weighted by Gasteiger charge is -2.25. The van der Waals surface area contributed by atoms with Gasteiger partial charge in [-0.25, -0.2) is 4.79 Å². The zero-order valence-corrected chi connectivity index (χ0v) is 14.8. The summed E-state index contributed by atoms with van der Waals surface area (Å²) in [5, 5.41) is 12.0. The molecule has 0 saturated carbocycles. The molecule has 0 bridgehead atoms. The van der Waals surface area contributed by atoms with Gasteiger partial charge in [0.05, 0.1) is 30.7 Å². The molecule has 0 saturated heterocycles. The van der Waals surface area contributed by atoms with Gasteiger partial charge in [-0.2, -0.15) is 0 Å². The third-order valence-corrected chi connectivity index (χ3v) is 3.65. The van der Waals surface area contributed by atoms with Gasteiger partial charge in [-0.05, 0) is 26.3 Å². The number of amides is 1. The van der Waals surface area contributed by atoms with E-state index in [4.69, 9.17) is 9.47 Å². The fourth-order valence-electron chi connectivity index (χ4n) is 1.70. The number of hydrogen-bond acceptors (Lipinski definition) is 4. The molecule has 0 aliphatic heterocycles. The summed E-state index contributed by atoms with van der Waals surface area (Å²) in [5.41, 5.74) is 0.481. The summed E-state index contributed by atoms with van der Waals surface area (Å²) in [5.74, 6) is 0. The fraction of sp³-hybridized carbons (Fsp3) is 0.562. The number of rotatable bonds is 7. The summed E-state index contributed by atoms with van der Waals surface area (Å²) in [6.45, 7) is 5.99. The normalized spacial score (nSPS) is 14.2. The van der Waals surface area contributed by atoms with Crippen LogP contribution in [0.1, 0.15) is 26.3 Å². The highest BCUT2D eigenvalue weighted by atomic mass is 79.9. The SMILES string of the molecule is CC(C)(C)OC(=O)N[C@@H](COCc1ccccc1)[C@H](Br)CO. The van der Waals surface area contributed by atoms with E-state index >= 15 is 0 Å². The molecule has 0 fully saturated rings. The van der Waals surface area contributed by atoms with Gasteiger partial charge in [-0.3, -0.25) is 0 Å². The van der Waals surface area contributed by atoms with Crippen LogP contribution in [0.25, 0.3) is 0 Å². The molecule has 2 atom stereocenters. The molecule has 1 amide bonds. The van der Waals surface area contributed by atoms with Gasteiger partial charge in [0, 0.05) is 0 Å². The Bertz CT molecular complexity index is 447. The van der Waals surface area contributed by atoms with Crippen molar-refractivity contribution in [2.45, 2.75) is 43.8 Å². The quantitative estimate of drug-likeness (QED) is 0.721. The maximum Gasteiger partial charge on any atom is 0.407 e. The first-order valence-corrected chi connectivity index (χ1v) is 8.09. The Morgan fingerprint density at radius 2 is 1.95 bits per heavy atom. The fourth-order valence-corrected chi connectivity index (χ4v) is 1.99. The molecule has 0 aliphatic rings. The molecule has 1 aromatic rings. The summed E-state index contributed by atoms with van der Waals surface area (Å²) in [6.07, 6.45) is -0.529. The van der Waals surface area contributed by atoms with Gasteiger partial charge in [0.2, 0.25) is 0 Å². The van der Waals surface area contributed by atoms with Gasteiger partial charge in [-0.1, -0.05) is 46.3 Å². The maximum absolute atomic E-state index is 11.8. The van der Waals surface area contributed by atoms with Crippen molar-refractivity contribution >= 4 is 22.0 Å². The summed E-state index contributed by atoms with van der Waals surface area (Å²) < 4.78 is 10.8. The highest BCUT2D eigenvalue weighted by Crippen LogP contribution is 2.11. The number of carbonyl (C=O) groups excluding carboxylic acids is 1. The van der Waals surface area contributed by atoms with Crippen molar-refractivity contribution in [3.8, 4) is 0 Å². The van der Waals surface area contributed by atoms with E-state index in [2.05, 4.69) is 21.2 Å². The monoisotopic (exact) mass is 373 g/mol. The predicted molar refractivity (Wildman–Crippen MR) is 89.1 cm³/mol. The summed E-state index contributed by atoms with van der Waals surface area (Å²) in [6, 6.07) is 9.37. The van der Waals surface area contributed by atoms with Gasteiger partial charge < -0.3 is 19.9 Å². The largest absolute Gasteiger partial charge is 0.444 e. The number of alkyl carbamates (subject to hydrolysis) is 1. The Morgan fingerprint density at radius 1 is 1.32 bits per heavy atom. The lowest BCUT2D eigenvalue weighted by Crippen LogP contribution is -2.47. The Hall–Kier alpha value is -1.11. The highest BCUT2D eigenvalue weighted by Gasteiger charge is 2.24. The van der Waals surface area contributed by atoms with Crippen molar-refractivity contribution in [1.29, 1.82) is 0 Å². The van der Waals surface area contributed by atoms with E-state index < -0.39 is 11.7 Å². The first-order valence-electron chi connectivity index (χ1n) is 7.18. The van der Waals surface area contributed by atoms with Crippen molar-refractivity contribution in [1.82, 2.24) is 5.32 Å². The van der Waals surface area contributed by atoms with E-state index in [1.807, 2.05) is 30.3 Å². The number of aliphatic hydroxyl groups excluding tert-OH is 1. The van der Waals surface area contributed by atoms with Gasteiger partial charge in [-0.15, -0.1) is 0 Å². The Morgan fingerprint density at radius 3 is 2.50 bits per heavy atom. The molecule has 0 aliphatic carbocycles. The number of hydrogen-bond donors (Lipinski definition) is 2. The van der Waals surface area contributed by atoms with Gasteiger partial charge in [0.25, 0.3) is 0 Å². The van der Waals surface area contributed by atoms with Gasteiger partial charge in [0.15, 0.2) is 0 Å². The zero-order chi connectivity index (χ0) is 16.6. The second-order valence-electron chi connectivity index (χ2n) is 5.95. The molecule has 0 aromatic heterocycles. The molecule has 0 unspecified atom stereocenters. The summed E-state index contributed by atoms with van der Waals surface area (Å²) >= 11 is 3.34. The van der Waals surface area contributed by atoms with Crippen LogP contribution in [-0.2, 0) is 16.1 Å². The van der Waals surface area contributed by atoms with E-state index in [1.165, 1.54) is 0 Å². The van der Waals surface area contributed by atoms with E-state index in [1.54, 1.807) is 20.8 Å². The van der Waals surface area contributed by atoms with Gasteiger partial charge in [0.1, 0.15) is 5.60 Å². The average Bonchev–Trinajstić information content (AvgIpc) is 2.44. The molecule has 0 heterocycles. The van der Waals surface area contributed by atoms with E-state index in [-0.39, 0.29) is 24.1 Å². The van der Waals surface area contributed by atoms with Crippen molar-refractivity contribution in [2.24, 2.45) is 0 Å². The zero-order valence-electron chi connectivity index (χ0n) is 13.2. The minimum absolute atomic E-state index is 0.116. The van der Waals surface area contributed by atoms with Crippen LogP contribution in [0.3, 0.4) is 0 Å². The molecule has 2 N–H and O–H groups in total. The van der Waals surface area contributed by atoms with Crippen molar-refractivity contribution < 1.29 is 19.4 Å². The molecular formula is C16H24BrNO4. The highest BCUT2D eigenvalue weighted by molar-refractivity contribution is 9.09. The molecular weight excluding hydrogens is 350 g/mol. The van der Waals surface area contributed by atoms with E-state index in [9.17, 15) is 9.90 Å². The molecule has 0 radical (unpaired) electrons. The third-order valence-electron chi connectivity index (χ3n) is 2.72. The molecule has 124 valence electrons. The van der Waals surface area contributed by atoms with Crippen LogP contribution in [-0.4, -0.2) is 40.9 Å². The standard InChI is InChI=1S/C16H24BrNO4/c1-16(2,3)22-15(20)18-14(13(17)9-19)11-21-10-12-7-5-4-6-8-12/h4-8,13-14,19H,9-11H2,1-3H3,(H,18,20)/t13-,14+/m1/s1. The van der Waals surface area contributed by atoms with Crippen LogP contribution < -0.4 is 5.32 Å². The first kappa shape index (κ1) is 18.9. The van der Waals surface area contributed by atoms with Gasteiger partial charge >= 0.3 is 6.09 Å². The lowest BCUT2D eigenvalue weighted by atomic mass is 10.2. The second-order valence-corrected chi connectivity index (χ2v) is 7.13. The van der Waals surface area contributed by atoms with Crippen LogP contribution in [0.4, 0.5) is 4.79 Å². The molecule has 1 rings (SSSR count).